The van der Waals surface area contributed by atoms with Crippen LogP contribution >= 0.6 is 11.8 Å². The Hall–Kier alpha value is -1.49. The van der Waals surface area contributed by atoms with E-state index in [1.165, 1.54) is 18.2 Å². The summed E-state index contributed by atoms with van der Waals surface area (Å²) in [4.78, 5) is 27.7. The number of carbonyl (C=O) groups is 2. The van der Waals surface area contributed by atoms with E-state index >= 15 is 0 Å². The van der Waals surface area contributed by atoms with E-state index in [-0.39, 0.29) is 11.8 Å². The molecule has 1 N–H and O–H groups in total. The van der Waals surface area contributed by atoms with E-state index in [2.05, 4.69) is 24.1 Å². The second-order valence-electron chi connectivity index (χ2n) is 6.52. The molecule has 2 unspecified atom stereocenters. The Morgan fingerprint density at radius 2 is 2.26 bits per heavy atom. The highest BCUT2D eigenvalue weighted by Gasteiger charge is 2.32. The molecule has 0 aromatic heterocycles. The van der Waals surface area contributed by atoms with Crippen LogP contribution in [0.3, 0.4) is 0 Å². The lowest BCUT2D eigenvalue weighted by Gasteiger charge is -2.40. The minimum Gasteiger partial charge on any atom is -0.335 e. The van der Waals surface area contributed by atoms with E-state index in [0.29, 0.717) is 23.3 Å². The first-order valence-corrected chi connectivity index (χ1v) is 9.46. The van der Waals surface area contributed by atoms with Gasteiger partial charge in [0.2, 0.25) is 5.91 Å². The minimum absolute atomic E-state index is 0.00236. The molecule has 3 rings (SSSR count). The molecule has 5 heteroatoms. The Balaban J connectivity index is 1.84. The summed E-state index contributed by atoms with van der Waals surface area (Å²) in [7, 11) is 0. The van der Waals surface area contributed by atoms with Crippen LogP contribution in [0.25, 0.3) is 0 Å². The molecule has 2 amide bonds. The predicted molar refractivity (Wildman–Crippen MR) is 93.9 cm³/mol. The van der Waals surface area contributed by atoms with Crippen LogP contribution in [0.2, 0.25) is 0 Å². The molecule has 1 saturated heterocycles. The molecule has 2 heterocycles. The maximum absolute atomic E-state index is 13.0. The summed E-state index contributed by atoms with van der Waals surface area (Å²) in [5.41, 5.74) is 1.45. The second-order valence-corrected chi connectivity index (χ2v) is 7.54. The Labute approximate surface area is 142 Å². The van der Waals surface area contributed by atoms with Gasteiger partial charge >= 0.3 is 0 Å². The first-order valence-electron chi connectivity index (χ1n) is 8.47. The summed E-state index contributed by atoms with van der Waals surface area (Å²) in [6.07, 6.45) is 4.43. The molecule has 2 aliphatic rings. The maximum Gasteiger partial charge on any atom is 0.254 e. The molecule has 4 nitrogen and oxygen atoms in total. The molecule has 23 heavy (non-hydrogen) atoms. The first kappa shape index (κ1) is 16.4. The highest BCUT2D eigenvalue weighted by Crippen LogP contribution is 2.33. The lowest BCUT2D eigenvalue weighted by atomic mass is 9.87. The number of carbonyl (C=O) groups excluding carboxylic acids is 2. The standard InChI is InChI=1S/C18H24N2O2S/c1-3-5-15-12(2)6-4-9-20(15)18(22)13-7-8-16-14(10-13)19-17(21)11-23-16/h7-8,10,12,15H,3-6,9,11H2,1-2H3,(H,19,21). The van der Waals surface area contributed by atoms with Gasteiger partial charge < -0.3 is 10.2 Å². The zero-order chi connectivity index (χ0) is 16.4. The molecular weight excluding hydrogens is 308 g/mol. The van der Waals surface area contributed by atoms with Crippen molar-refractivity contribution in [3.05, 3.63) is 23.8 Å². The number of likely N-dealkylation sites (tertiary alicyclic amines) is 1. The second kappa shape index (κ2) is 6.95. The van der Waals surface area contributed by atoms with Crippen LogP contribution in [-0.2, 0) is 4.79 Å². The number of thioether (sulfide) groups is 1. The fourth-order valence-corrected chi connectivity index (χ4v) is 4.41. The molecule has 0 bridgehead atoms. The number of hydrogen-bond acceptors (Lipinski definition) is 3. The van der Waals surface area contributed by atoms with Crippen molar-refractivity contribution >= 4 is 29.3 Å². The van der Waals surface area contributed by atoms with E-state index < -0.39 is 0 Å². The van der Waals surface area contributed by atoms with Gasteiger partial charge in [0.15, 0.2) is 0 Å². The van der Waals surface area contributed by atoms with Gasteiger partial charge in [-0.1, -0.05) is 20.3 Å². The van der Waals surface area contributed by atoms with Gasteiger partial charge in [-0.05, 0) is 43.4 Å². The summed E-state index contributed by atoms with van der Waals surface area (Å²) in [6.45, 7) is 5.27. The highest BCUT2D eigenvalue weighted by molar-refractivity contribution is 8.00. The summed E-state index contributed by atoms with van der Waals surface area (Å²) >= 11 is 1.52. The van der Waals surface area contributed by atoms with Crippen molar-refractivity contribution in [2.45, 2.75) is 50.5 Å². The number of piperidine rings is 1. The average Bonchev–Trinajstić information content (AvgIpc) is 2.55. The summed E-state index contributed by atoms with van der Waals surface area (Å²) in [5, 5.41) is 2.87. The van der Waals surface area contributed by atoms with Crippen molar-refractivity contribution in [1.29, 1.82) is 0 Å². The van der Waals surface area contributed by atoms with Crippen LogP contribution in [0.4, 0.5) is 5.69 Å². The van der Waals surface area contributed by atoms with E-state index in [1.807, 2.05) is 18.2 Å². The fourth-order valence-electron chi connectivity index (χ4n) is 3.62. The van der Waals surface area contributed by atoms with Crippen LogP contribution < -0.4 is 5.32 Å². The Kier molecular flexibility index (Phi) is 4.95. The Morgan fingerprint density at radius 3 is 3.04 bits per heavy atom. The van der Waals surface area contributed by atoms with E-state index in [4.69, 9.17) is 0 Å². The monoisotopic (exact) mass is 332 g/mol. The lowest BCUT2D eigenvalue weighted by Crippen LogP contribution is -2.47. The summed E-state index contributed by atoms with van der Waals surface area (Å²) in [5.74, 6) is 1.10. The summed E-state index contributed by atoms with van der Waals surface area (Å²) < 4.78 is 0. The fraction of sp³-hybridized carbons (Fsp3) is 0.556. The van der Waals surface area contributed by atoms with Gasteiger partial charge in [-0.3, -0.25) is 9.59 Å². The largest absolute Gasteiger partial charge is 0.335 e. The highest BCUT2D eigenvalue weighted by atomic mass is 32.2. The van der Waals surface area contributed by atoms with Gasteiger partial charge in [-0.2, -0.15) is 0 Å². The zero-order valence-corrected chi connectivity index (χ0v) is 14.6. The molecule has 1 aromatic rings. The van der Waals surface area contributed by atoms with E-state index in [0.717, 1.165) is 36.4 Å². The van der Waals surface area contributed by atoms with Crippen LogP contribution in [0.15, 0.2) is 23.1 Å². The van der Waals surface area contributed by atoms with Crippen molar-refractivity contribution in [1.82, 2.24) is 4.90 Å². The van der Waals surface area contributed by atoms with Crippen molar-refractivity contribution in [2.75, 3.05) is 17.6 Å². The SMILES string of the molecule is CCCC1C(C)CCCN1C(=O)c1ccc2c(c1)NC(=O)CS2. The zero-order valence-electron chi connectivity index (χ0n) is 13.8. The summed E-state index contributed by atoms with van der Waals surface area (Å²) in [6, 6.07) is 6.02. The van der Waals surface area contributed by atoms with Gasteiger partial charge in [-0.25, -0.2) is 0 Å². The number of fused-ring (bicyclic) bond motifs is 1. The molecule has 0 aliphatic carbocycles. The Bertz CT molecular complexity index is 617. The number of hydrogen-bond donors (Lipinski definition) is 1. The van der Waals surface area contributed by atoms with Gasteiger partial charge in [0, 0.05) is 23.0 Å². The molecule has 1 aromatic carbocycles. The smallest absolute Gasteiger partial charge is 0.254 e. The number of nitrogens with zero attached hydrogens (tertiary/aromatic N) is 1. The molecule has 0 saturated carbocycles. The molecular formula is C18H24N2O2S. The Morgan fingerprint density at radius 1 is 1.43 bits per heavy atom. The van der Waals surface area contributed by atoms with Crippen LogP contribution in [0.1, 0.15) is 49.9 Å². The van der Waals surface area contributed by atoms with Gasteiger partial charge in [-0.15, -0.1) is 11.8 Å². The molecule has 2 atom stereocenters. The number of nitrogens with one attached hydrogen (secondary N) is 1. The molecule has 1 fully saturated rings. The topological polar surface area (TPSA) is 49.4 Å². The average molecular weight is 332 g/mol. The van der Waals surface area contributed by atoms with Crippen molar-refractivity contribution in [2.24, 2.45) is 5.92 Å². The predicted octanol–water partition coefficient (Wildman–Crippen LogP) is 3.77. The minimum atomic E-state index is 0.00236. The van der Waals surface area contributed by atoms with Crippen molar-refractivity contribution in [3.63, 3.8) is 0 Å². The van der Waals surface area contributed by atoms with Crippen molar-refractivity contribution < 1.29 is 9.59 Å². The van der Waals surface area contributed by atoms with Gasteiger partial charge in [0.25, 0.3) is 5.91 Å². The quantitative estimate of drug-likeness (QED) is 0.916. The van der Waals surface area contributed by atoms with Crippen LogP contribution in [0.5, 0.6) is 0 Å². The van der Waals surface area contributed by atoms with Gasteiger partial charge in [0.05, 0.1) is 11.4 Å². The van der Waals surface area contributed by atoms with E-state index in [1.54, 1.807) is 0 Å². The number of rotatable bonds is 3. The molecule has 2 aliphatic heterocycles. The normalized spacial score (nSPS) is 24.1. The van der Waals surface area contributed by atoms with Gasteiger partial charge in [0.1, 0.15) is 0 Å². The third kappa shape index (κ3) is 3.39. The first-order chi connectivity index (χ1) is 11.1. The lowest BCUT2D eigenvalue weighted by molar-refractivity contribution is -0.113. The molecule has 0 spiro atoms. The number of anilines is 1. The van der Waals surface area contributed by atoms with Crippen LogP contribution in [0, 0.1) is 5.92 Å². The molecule has 124 valence electrons. The van der Waals surface area contributed by atoms with Crippen molar-refractivity contribution in [3.8, 4) is 0 Å². The third-order valence-electron chi connectivity index (χ3n) is 4.82. The molecule has 0 radical (unpaired) electrons. The number of benzene rings is 1. The number of amides is 2. The third-order valence-corrected chi connectivity index (χ3v) is 5.89. The van der Waals surface area contributed by atoms with Crippen LogP contribution in [-0.4, -0.2) is 35.1 Å². The van der Waals surface area contributed by atoms with E-state index in [9.17, 15) is 9.59 Å². The maximum atomic E-state index is 13.0.